The molecule has 0 saturated carbocycles. The Bertz CT molecular complexity index is 749. The molecule has 0 N–H and O–H groups in total. The highest BCUT2D eigenvalue weighted by molar-refractivity contribution is 5.95. The highest BCUT2D eigenvalue weighted by Crippen LogP contribution is 2.32. The fourth-order valence-corrected chi connectivity index (χ4v) is 4.37. The molecule has 0 heterocycles. The molecule has 34 heavy (non-hydrogen) atoms. The Morgan fingerprint density at radius 1 is 0.882 bits per heavy atom. The quantitative estimate of drug-likeness (QED) is 0.132. The van der Waals surface area contributed by atoms with E-state index in [0.29, 0.717) is 25.2 Å². The van der Waals surface area contributed by atoms with Gasteiger partial charge in [-0.2, -0.15) is 0 Å². The van der Waals surface area contributed by atoms with Gasteiger partial charge in [-0.3, -0.25) is 4.79 Å². The molecule has 0 saturated heterocycles. The van der Waals surface area contributed by atoms with E-state index in [2.05, 4.69) is 34.6 Å². The summed E-state index contributed by atoms with van der Waals surface area (Å²) >= 11 is 0. The van der Waals surface area contributed by atoms with Crippen LogP contribution >= 0.6 is 0 Å². The number of carbonyl (C=O) groups is 2. The monoisotopic (exact) mass is 472 g/mol. The molecule has 4 nitrogen and oxygen atoms in total. The zero-order valence-electron chi connectivity index (χ0n) is 22.7. The second-order valence-corrected chi connectivity index (χ2v) is 9.75. The van der Waals surface area contributed by atoms with Gasteiger partial charge in [-0.15, -0.1) is 0 Å². The van der Waals surface area contributed by atoms with Crippen LogP contribution in [0, 0.1) is 11.3 Å². The summed E-state index contributed by atoms with van der Waals surface area (Å²) in [6, 6.07) is 9.75. The van der Waals surface area contributed by atoms with Gasteiger partial charge < -0.3 is 9.47 Å². The van der Waals surface area contributed by atoms with Crippen LogP contribution in [0.1, 0.15) is 105 Å². The maximum atomic E-state index is 13.1. The van der Waals surface area contributed by atoms with Gasteiger partial charge in [0, 0.05) is 23.5 Å². The van der Waals surface area contributed by atoms with Crippen molar-refractivity contribution >= 4 is 17.8 Å². The summed E-state index contributed by atoms with van der Waals surface area (Å²) in [5.74, 6) is -0.358. The minimum absolute atomic E-state index is 0.0313. The van der Waals surface area contributed by atoms with Gasteiger partial charge in [-0.25, -0.2) is 4.79 Å². The van der Waals surface area contributed by atoms with Crippen molar-refractivity contribution in [1.29, 1.82) is 0 Å². The number of unbranched alkanes of at least 4 members (excludes halogenated alkanes) is 1. The summed E-state index contributed by atoms with van der Waals surface area (Å²) in [5, 5.41) is 0. The molecule has 0 radical (unpaired) electrons. The van der Waals surface area contributed by atoms with E-state index in [1.54, 1.807) is 0 Å². The summed E-state index contributed by atoms with van der Waals surface area (Å²) in [5.41, 5.74) is 1.11. The van der Waals surface area contributed by atoms with Crippen molar-refractivity contribution in [3.05, 3.63) is 41.5 Å². The topological polar surface area (TPSA) is 52.6 Å². The Labute approximate surface area is 208 Å². The van der Waals surface area contributed by atoms with Crippen LogP contribution in [0.2, 0.25) is 0 Å². The second-order valence-electron chi connectivity index (χ2n) is 9.75. The van der Waals surface area contributed by atoms with Gasteiger partial charge in [-0.05, 0) is 63.0 Å². The number of hydrogen-bond donors (Lipinski definition) is 0. The zero-order chi connectivity index (χ0) is 25.6. The van der Waals surface area contributed by atoms with E-state index in [1.807, 2.05) is 50.3 Å². The number of hydrogen-bond acceptors (Lipinski definition) is 4. The Hall–Kier alpha value is -1.94. The third-order valence-electron chi connectivity index (χ3n) is 7.64. The van der Waals surface area contributed by atoms with E-state index in [-0.39, 0.29) is 28.7 Å². The Kier molecular flexibility index (Phi) is 13.4. The molecule has 0 aliphatic carbocycles. The molecule has 1 rings (SSSR count). The Balaban J connectivity index is 2.76. The molecule has 4 heteroatoms. The van der Waals surface area contributed by atoms with Crippen molar-refractivity contribution in [1.82, 2.24) is 0 Å². The van der Waals surface area contributed by atoms with Crippen LogP contribution in [0.4, 0.5) is 0 Å². The van der Waals surface area contributed by atoms with Crippen molar-refractivity contribution in [3.63, 3.8) is 0 Å². The molecule has 0 bridgehead atoms. The zero-order valence-corrected chi connectivity index (χ0v) is 22.7. The van der Waals surface area contributed by atoms with Crippen molar-refractivity contribution < 1.29 is 19.1 Å². The minimum atomic E-state index is -0.355. The average molecular weight is 473 g/mol. The lowest BCUT2D eigenvalue weighted by atomic mass is 9.74. The number of ketones is 1. The maximum absolute atomic E-state index is 13.1. The number of esters is 1. The lowest BCUT2D eigenvalue weighted by molar-refractivity contribution is -0.139. The molecular formula is C30H48O4. The van der Waals surface area contributed by atoms with E-state index in [4.69, 9.17) is 9.47 Å². The summed E-state index contributed by atoms with van der Waals surface area (Å²) < 4.78 is 11.8. The van der Waals surface area contributed by atoms with E-state index >= 15 is 0 Å². The number of ether oxygens (including phenoxy) is 2. The van der Waals surface area contributed by atoms with Gasteiger partial charge in [0.05, 0.1) is 12.2 Å². The summed E-state index contributed by atoms with van der Waals surface area (Å²) in [7, 11) is 0. The maximum Gasteiger partial charge on any atom is 0.334 e. The fraction of sp³-hybridized carbons (Fsp3) is 0.667. The van der Waals surface area contributed by atoms with Gasteiger partial charge in [0.15, 0.2) is 0 Å². The normalized spacial score (nSPS) is 13.6. The first-order valence-electron chi connectivity index (χ1n) is 13.3. The van der Waals surface area contributed by atoms with Crippen LogP contribution in [-0.4, -0.2) is 30.6 Å². The van der Waals surface area contributed by atoms with Crippen LogP contribution in [0.3, 0.4) is 0 Å². The van der Waals surface area contributed by atoms with Crippen LogP contribution in [0.25, 0.3) is 6.08 Å². The molecule has 0 spiro atoms. The summed E-state index contributed by atoms with van der Waals surface area (Å²) in [4.78, 5) is 26.1. The molecule has 1 aromatic carbocycles. The third-order valence-corrected chi connectivity index (χ3v) is 7.64. The van der Waals surface area contributed by atoms with Crippen LogP contribution in [-0.2, 0) is 19.1 Å². The third kappa shape index (κ3) is 9.02. The first kappa shape index (κ1) is 30.1. The highest BCUT2D eigenvalue weighted by Gasteiger charge is 2.33. The van der Waals surface area contributed by atoms with Crippen molar-refractivity contribution in [3.8, 4) is 0 Å². The van der Waals surface area contributed by atoms with Gasteiger partial charge in [0.1, 0.15) is 5.78 Å². The Morgan fingerprint density at radius 3 is 1.97 bits per heavy atom. The lowest BCUT2D eigenvalue weighted by Gasteiger charge is -2.30. The molecular weight excluding hydrogens is 424 g/mol. The summed E-state index contributed by atoms with van der Waals surface area (Å²) in [6.07, 6.45) is 8.49. The molecule has 0 fully saturated rings. The SMILES string of the molecule is CCC(CC)(CC)OCCCCOC(=O)/C(=C/c1ccccc1)CC(C)C(=O)C(C)(CC)CC. The number of Topliss-reactive ketones (excluding diaryl/α,β-unsaturated/α-hetero) is 1. The number of rotatable bonds is 17. The first-order valence-corrected chi connectivity index (χ1v) is 13.3. The standard InChI is InChI=1S/C30H48O4/c1-8-29(7,9-2)27(31)24(6)22-26(23-25-18-14-13-15-19-25)28(32)33-20-16-17-21-34-30(10-3,11-4)12-5/h13-15,18-19,23-24H,8-12,16-17,20-22H2,1-7H3/b26-23+. The van der Waals surface area contributed by atoms with Crippen molar-refractivity contribution in [2.45, 2.75) is 105 Å². The van der Waals surface area contributed by atoms with E-state index in [1.165, 1.54) is 0 Å². The lowest BCUT2D eigenvalue weighted by Crippen LogP contribution is -2.32. The molecule has 1 atom stereocenters. The molecule has 1 unspecified atom stereocenters. The molecule has 0 aliphatic rings. The molecule has 1 aromatic rings. The molecule has 0 amide bonds. The van der Waals surface area contributed by atoms with Crippen molar-refractivity contribution in [2.24, 2.45) is 11.3 Å². The van der Waals surface area contributed by atoms with E-state index in [9.17, 15) is 9.59 Å². The number of carbonyl (C=O) groups excluding carboxylic acids is 2. The smallest absolute Gasteiger partial charge is 0.334 e. The van der Waals surface area contributed by atoms with Crippen LogP contribution in [0.15, 0.2) is 35.9 Å². The van der Waals surface area contributed by atoms with Crippen LogP contribution < -0.4 is 0 Å². The largest absolute Gasteiger partial charge is 0.462 e. The highest BCUT2D eigenvalue weighted by atomic mass is 16.5. The van der Waals surface area contributed by atoms with E-state index < -0.39 is 0 Å². The van der Waals surface area contributed by atoms with Crippen LogP contribution in [0.5, 0.6) is 0 Å². The minimum Gasteiger partial charge on any atom is -0.462 e. The molecule has 0 aliphatic heterocycles. The van der Waals surface area contributed by atoms with Gasteiger partial charge >= 0.3 is 5.97 Å². The van der Waals surface area contributed by atoms with E-state index in [0.717, 1.165) is 50.5 Å². The second kappa shape index (κ2) is 15.1. The van der Waals surface area contributed by atoms with Crippen molar-refractivity contribution in [2.75, 3.05) is 13.2 Å². The van der Waals surface area contributed by atoms with Gasteiger partial charge in [-0.1, -0.05) is 78.8 Å². The average Bonchev–Trinajstić information content (AvgIpc) is 2.87. The molecule has 192 valence electrons. The van der Waals surface area contributed by atoms with Gasteiger partial charge in [0.25, 0.3) is 0 Å². The number of benzene rings is 1. The predicted molar refractivity (Wildman–Crippen MR) is 142 cm³/mol. The first-order chi connectivity index (χ1) is 16.2. The van der Waals surface area contributed by atoms with Gasteiger partial charge in [0.2, 0.25) is 0 Å². The summed E-state index contributed by atoms with van der Waals surface area (Å²) in [6.45, 7) is 15.6. The Morgan fingerprint density at radius 2 is 1.44 bits per heavy atom. The predicted octanol–water partition coefficient (Wildman–Crippen LogP) is 7.80. The molecule has 0 aromatic heterocycles. The fourth-order valence-electron chi connectivity index (χ4n) is 4.37.